The van der Waals surface area contributed by atoms with Gasteiger partial charge in [0.25, 0.3) is 0 Å². The largest absolute Gasteiger partial charge is 0.508 e. The van der Waals surface area contributed by atoms with Gasteiger partial charge in [-0.15, -0.1) is 0 Å². The van der Waals surface area contributed by atoms with Crippen molar-refractivity contribution in [3.05, 3.63) is 42.1 Å². The predicted molar refractivity (Wildman–Crippen MR) is 45.1 cm³/mol. The molecular weight excluding hydrogens is 138 g/mol. The number of nitrogens with two attached hydrogens (primary N) is 1. The van der Waals surface area contributed by atoms with Gasteiger partial charge in [0.15, 0.2) is 0 Å². The van der Waals surface area contributed by atoms with Crippen LogP contribution in [0.5, 0.6) is 5.75 Å². The van der Waals surface area contributed by atoms with Crippen LogP contribution < -0.4 is 5.73 Å². The van der Waals surface area contributed by atoms with E-state index in [0.717, 1.165) is 12.0 Å². The molecule has 3 N–H and O–H groups in total. The molecule has 0 aliphatic heterocycles. The predicted octanol–water partition coefficient (Wildman–Crippen LogP) is 1.41. The molecule has 0 bridgehead atoms. The summed E-state index contributed by atoms with van der Waals surface area (Å²) in [6.45, 7) is 0. The van der Waals surface area contributed by atoms with Crippen LogP contribution in [0.4, 0.5) is 0 Å². The average molecular weight is 149 g/mol. The standard InChI is InChI=1S/C9H11NO/c10-7-1-2-8-3-5-9(11)6-4-8/h1,3-7,11H,2,10H2. The molecule has 0 saturated carbocycles. The fraction of sp³-hybridized carbons (Fsp3) is 0.111. The van der Waals surface area contributed by atoms with Gasteiger partial charge in [-0.2, -0.15) is 0 Å². The Morgan fingerprint density at radius 2 is 1.91 bits per heavy atom. The van der Waals surface area contributed by atoms with Gasteiger partial charge in [-0.25, -0.2) is 0 Å². The Labute approximate surface area is 66.0 Å². The summed E-state index contributed by atoms with van der Waals surface area (Å²) in [5, 5.41) is 8.94. The lowest BCUT2D eigenvalue weighted by Crippen LogP contribution is -1.82. The van der Waals surface area contributed by atoms with Crippen LogP contribution in [0.1, 0.15) is 5.56 Å². The van der Waals surface area contributed by atoms with Gasteiger partial charge in [-0.05, 0) is 30.3 Å². The zero-order valence-corrected chi connectivity index (χ0v) is 6.20. The molecule has 11 heavy (non-hydrogen) atoms. The van der Waals surface area contributed by atoms with Crippen molar-refractivity contribution in [1.82, 2.24) is 0 Å². The van der Waals surface area contributed by atoms with E-state index in [-0.39, 0.29) is 0 Å². The quantitative estimate of drug-likeness (QED) is 0.667. The second kappa shape index (κ2) is 3.66. The minimum absolute atomic E-state index is 0.297. The van der Waals surface area contributed by atoms with E-state index in [4.69, 9.17) is 10.8 Å². The normalized spacial score (nSPS) is 10.5. The lowest BCUT2D eigenvalue weighted by molar-refractivity contribution is 0.475. The van der Waals surface area contributed by atoms with Crippen molar-refractivity contribution in [2.75, 3.05) is 0 Å². The number of hydrogen-bond acceptors (Lipinski definition) is 2. The molecule has 2 heteroatoms. The van der Waals surface area contributed by atoms with Gasteiger partial charge in [0.2, 0.25) is 0 Å². The lowest BCUT2D eigenvalue weighted by atomic mass is 10.1. The molecule has 1 rings (SSSR count). The van der Waals surface area contributed by atoms with Gasteiger partial charge >= 0.3 is 0 Å². The van der Waals surface area contributed by atoms with E-state index in [2.05, 4.69) is 0 Å². The zero-order valence-electron chi connectivity index (χ0n) is 6.20. The van der Waals surface area contributed by atoms with Crippen molar-refractivity contribution in [2.45, 2.75) is 6.42 Å². The molecule has 0 fully saturated rings. The highest BCUT2D eigenvalue weighted by molar-refractivity contribution is 5.26. The van der Waals surface area contributed by atoms with E-state index >= 15 is 0 Å². The van der Waals surface area contributed by atoms with Gasteiger partial charge < -0.3 is 10.8 Å². The molecule has 0 spiro atoms. The smallest absolute Gasteiger partial charge is 0.115 e. The Kier molecular flexibility index (Phi) is 2.55. The summed E-state index contributed by atoms with van der Waals surface area (Å²) >= 11 is 0. The highest BCUT2D eigenvalue weighted by Gasteiger charge is 1.88. The van der Waals surface area contributed by atoms with Gasteiger partial charge in [-0.3, -0.25) is 0 Å². The fourth-order valence-corrected chi connectivity index (χ4v) is 0.836. The Morgan fingerprint density at radius 3 is 2.45 bits per heavy atom. The Hall–Kier alpha value is -1.44. The topological polar surface area (TPSA) is 46.2 Å². The lowest BCUT2D eigenvalue weighted by Gasteiger charge is -1.95. The molecule has 0 atom stereocenters. The first-order chi connectivity index (χ1) is 5.33. The van der Waals surface area contributed by atoms with Crippen LogP contribution in [0.3, 0.4) is 0 Å². The van der Waals surface area contributed by atoms with E-state index in [1.807, 2.05) is 18.2 Å². The maximum atomic E-state index is 8.94. The van der Waals surface area contributed by atoms with Gasteiger partial charge in [0, 0.05) is 0 Å². The maximum absolute atomic E-state index is 8.94. The van der Waals surface area contributed by atoms with Crippen LogP contribution in [0, 0.1) is 0 Å². The molecule has 0 aliphatic carbocycles. The molecule has 0 heterocycles. The number of benzene rings is 1. The first-order valence-corrected chi connectivity index (χ1v) is 3.47. The maximum Gasteiger partial charge on any atom is 0.115 e. The number of aromatic hydroxyl groups is 1. The fourth-order valence-electron chi connectivity index (χ4n) is 0.836. The molecule has 0 aromatic heterocycles. The Balaban J connectivity index is 2.66. The van der Waals surface area contributed by atoms with E-state index < -0.39 is 0 Å². The van der Waals surface area contributed by atoms with Gasteiger partial charge in [-0.1, -0.05) is 18.2 Å². The first kappa shape index (κ1) is 7.66. The number of rotatable bonds is 2. The van der Waals surface area contributed by atoms with Gasteiger partial charge in [0.1, 0.15) is 5.75 Å². The van der Waals surface area contributed by atoms with Crippen LogP contribution in [0.2, 0.25) is 0 Å². The molecular formula is C9H11NO. The second-order valence-electron chi connectivity index (χ2n) is 2.30. The van der Waals surface area contributed by atoms with Crippen molar-refractivity contribution >= 4 is 0 Å². The third-order valence-electron chi connectivity index (χ3n) is 1.43. The van der Waals surface area contributed by atoms with Crippen LogP contribution in [-0.4, -0.2) is 5.11 Å². The van der Waals surface area contributed by atoms with E-state index in [1.54, 1.807) is 12.1 Å². The molecule has 1 aromatic rings. The number of hydrogen-bond donors (Lipinski definition) is 2. The molecule has 0 radical (unpaired) electrons. The summed E-state index contributed by atoms with van der Waals surface area (Å²) in [7, 11) is 0. The van der Waals surface area contributed by atoms with Crippen molar-refractivity contribution in [3.8, 4) is 5.75 Å². The SMILES string of the molecule is NC=CCc1ccc(O)cc1. The zero-order chi connectivity index (χ0) is 8.10. The average Bonchev–Trinajstić information content (AvgIpc) is 2.04. The summed E-state index contributed by atoms with van der Waals surface area (Å²) in [6, 6.07) is 7.07. The summed E-state index contributed by atoms with van der Waals surface area (Å²) in [5.41, 5.74) is 6.32. The summed E-state index contributed by atoms with van der Waals surface area (Å²) in [5.74, 6) is 0.297. The highest BCUT2D eigenvalue weighted by atomic mass is 16.3. The van der Waals surface area contributed by atoms with Crippen molar-refractivity contribution in [3.63, 3.8) is 0 Å². The monoisotopic (exact) mass is 149 g/mol. The minimum atomic E-state index is 0.297. The van der Waals surface area contributed by atoms with Crippen LogP contribution in [0.15, 0.2) is 36.5 Å². The van der Waals surface area contributed by atoms with Crippen LogP contribution >= 0.6 is 0 Å². The minimum Gasteiger partial charge on any atom is -0.508 e. The van der Waals surface area contributed by atoms with Crippen LogP contribution in [0.25, 0.3) is 0 Å². The molecule has 2 nitrogen and oxygen atoms in total. The summed E-state index contributed by atoms with van der Waals surface area (Å²) in [4.78, 5) is 0. The number of allylic oxidation sites excluding steroid dienone is 1. The Bertz CT molecular complexity index is 238. The van der Waals surface area contributed by atoms with Gasteiger partial charge in [0.05, 0.1) is 0 Å². The van der Waals surface area contributed by atoms with E-state index in [1.165, 1.54) is 6.20 Å². The third kappa shape index (κ3) is 2.34. The summed E-state index contributed by atoms with van der Waals surface area (Å²) in [6.07, 6.45) is 4.20. The van der Waals surface area contributed by atoms with Crippen molar-refractivity contribution < 1.29 is 5.11 Å². The number of phenolic OH excluding ortho intramolecular Hbond substituents is 1. The van der Waals surface area contributed by atoms with Crippen molar-refractivity contribution in [2.24, 2.45) is 5.73 Å². The first-order valence-electron chi connectivity index (χ1n) is 3.47. The molecule has 58 valence electrons. The Morgan fingerprint density at radius 1 is 1.27 bits per heavy atom. The highest BCUT2D eigenvalue weighted by Crippen LogP contribution is 2.09. The van der Waals surface area contributed by atoms with Crippen LogP contribution in [-0.2, 0) is 6.42 Å². The molecule has 0 unspecified atom stereocenters. The third-order valence-corrected chi connectivity index (χ3v) is 1.43. The second-order valence-corrected chi connectivity index (χ2v) is 2.30. The molecule has 0 aliphatic rings. The number of phenols is 1. The van der Waals surface area contributed by atoms with Crippen molar-refractivity contribution in [1.29, 1.82) is 0 Å². The van der Waals surface area contributed by atoms with E-state index in [9.17, 15) is 0 Å². The van der Waals surface area contributed by atoms with E-state index in [0.29, 0.717) is 5.75 Å². The molecule has 1 aromatic carbocycles. The summed E-state index contributed by atoms with van der Waals surface area (Å²) < 4.78 is 0. The molecule has 0 saturated heterocycles. The molecule has 0 amide bonds.